The molecule has 0 atom stereocenters. The molecule has 0 aliphatic heterocycles. The molecule has 100 valence electrons. The van der Waals surface area contributed by atoms with Gasteiger partial charge in [0.2, 0.25) is 0 Å². The third-order valence-corrected chi connectivity index (χ3v) is 1.54. The zero-order valence-corrected chi connectivity index (χ0v) is 10.1. The predicted molar refractivity (Wildman–Crippen MR) is 56.5 cm³/mol. The molecule has 0 N–H and O–H groups in total. The Labute approximate surface area is 99.9 Å². The molecule has 0 unspecified atom stereocenters. The van der Waals surface area contributed by atoms with Crippen LogP contribution in [0.5, 0.6) is 0 Å². The van der Waals surface area contributed by atoms with Gasteiger partial charge in [-0.25, -0.2) is 9.59 Å². The first kappa shape index (κ1) is 15.8. The van der Waals surface area contributed by atoms with Gasteiger partial charge in [-0.2, -0.15) is 0 Å². The summed E-state index contributed by atoms with van der Waals surface area (Å²) in [4.78, 5) is 22.0. The predicted octanol–water partition coefficient (Wildman–Crippen LogP) is -0.618. The monoisotopic (exact) mass is 250 g/mol. The van der Waals surface area contributed by atoms with E-state index in [1.54, 1.807) is 0 Å². The molecule has 0 heterocycles. The van der Waals surface area contributed by atoms with Gasteiger partial charge in [-0.15, -0.1) is 0 Å². The van der Waals surface area contributed by atoms with E-state index in [9.17, 15) is 9.59 Å². The molecule has 0 spiro atoms. The minimum Gasteiger partial charge on any atom is -0.462 e. The van der Waals surface area contributed by atoms with E-state index in [0.29, 0.717) is 13.2 Å². The summed E-state index contributed by atoms with van der Waals surface area (Å²) in [6.07, 6.45) is 0. The van der Waals surface area contributed by atoms with Gasteiger partial charge in [0.1, 0.15) is 26.4 Å². The summed E-state index contributed by atoms with van der Waals surface area (Å²) in [6, 6.07) is 0. The van der Waals surface area contributed by atoms with Crippen molar-refractivity contribution in [1.29, 1.82) is 0 Å². The summed E-state index contributed by atoms with van der Waals surface area (Å²) in [5, 5.41) is 0. The van der Waals surface area contributed by atoms with Gasteiger partial charge in [0.15, 0.2) is 0 Å². The van der Waals surface area contributed by atoms with Gasteiger partial charge in [0.25, 0.3) is 0 Å². The standard InChI is InChI=1S/C10H18O7/c1-13-3-5-16-9(11)7-15-8-10(12)17-6-4-14-2/h3-8H2,1-2H3. The lowest BCUT2D eigenvalue weighted by atomic mass is 10.6. The normalized spacial score (nSPS) is 10.0. The van der Waals surface area contributed by atoms with Crippen molar-refractivity contribution in [1.82, 2.24) is 0 Å². The number of ether oxygens (including phenoxy) is 5. The lowest BCUT2D eigenvalue weighted by Gasteiger charge is -2.06. The highest BCUT2D eigenvalue weighted by Gasteiger charge is 2.06. The van der Waals surface area contributed by atoms with E-state index >= 15 is 0 Å². The van der Waals surface area contributed by atoms with Crippen LogP contribution in [0.15, 0.2) is 0 Å². The molecule has 0 fully saturated rings. The largest absolute Gasteiger partial charge is 0.462 e. The summed E-state index contributed by atoms with van der Waals surface area (Å²) in [6.45, 7) is 0.399. The first-order valence-corrected chi connectivity index (χ1v) is 5.07. The number of methoxy groups -OCH3 is 2. The molecule has 7 heteroatoms. The quantitative estimate of drug-likeness (QED) is 0.377. The number of esters is 2. The molecule has 0 aromatic carbocycles. The zero-order valence-electron chi connectivity index (χ0n) is 10.1. The lowest BCUT2D eigenvalue weighted by molar-refractivity contribution is -0.156. The molecule has 0 bridgehead atoms. The van der Waals surface area contributed by atoms with E-state index in [-0.39, 0.29) is 26.4 Å². The molecule has 0 amide bonds. The highest BCUT2D eigenvalue weighted by atomic mass is 16.6. The van der Waals surface area contributed by atoms with E-state index in [1.807, 2.05) is 0 Å². The van der Waals surface area contributed by atoms with Gasteiger partial charge < -0.3 is 23.7 Å². The van der Waals surface area contributed by atoms with E-state index in [4.69, 9.17) is 14.2 Å². The minimum absolute atomic E-state index is 0.164. The van der Waals surface area contributed by atoms with Crippen LogP contribution in [0.4, 0.5) is 0 Å². The summed E-state index contributed by atoms with van der Waals surface area (Å²) >= 11 is 0. The fourth-order valence-corrected chi connectivity index (χ4v) is 0.779. The second-order valence-corrected chi connectivity index (χ2v) is 2.92. The van der Waals surface area contributed by atoms with E-state index in [0.717, 1.165) is 0 Å². The Morgan fingerprint density at radius 2 is 1.18 bits per heavy atom. The smallest absolute Gasteiger partial charge is 0.332 e. The second kappa shape index (κ2) is 11.3. The topological polar surface area (TPSA) is 80.3 Å². The molecule has 0 rings (SSSR count). The van der Waals surface area contributed by atoms with Gasteiger partial charge in [-0.05, 0) is 0 Å². The summed E-state index contributed by atoms with van der Waals surface area (Å²) in [5.74, 6) is -1.10. The number of carbonyl (C=O) groups excluding carboxylic acids is 2. The van der Waals surface area contributed by atoms with Crippen molar-refractivity contribution in [2.24, 2.45) is 0 Å². The molecule has 0 aromatic heterocycles. The van der Waals surface area contributed by atoms with E-state index in [1.165, 1.54) is 14.2 Å². The Morgan fingerprint density at radius 1 is 0.765 bits per heavy atom. The van der Waals surface area contributed by atoms with Crippen LogP contribution in [0.3, 0.4) is 0 Å². The van der Waals surface area contributed by atoms with Crippen molar-refractivity contribution in [3.8, 4) is 0 Å². The van der Waals surface area contributed by atoms with Crippen molar-refractivity contribution in [2.75, 3.05) is 53.9 Å². The van der Waals surface area contributed by atoms with Crippen LogP contribution in [0.2, 0.25) is 0 Å². The SMILES string of the molecule is COCCOC(=O)COCC(=O)OCCOC. The van der Waals surface area contributed by atoms with Crippen LogP contribution in [-0.2, 0) is 33.3 Å². The molecule has 0 aliphatic rings. The molecular formula is C10H18O7. The number of rotatable bonds is 10. The van der Waals surface area contributed by atoms with Crippen molar-refractivity contribution in [3.05, 3.63) is 0 Å². The highest BCUT2D eigenvalue weighted by Crippen LogP contribution is 1.85. The van der Waals surface area contributed by atoms with Crippen LogP contribution in [0.25, 0.3) is 0 Å². The van der Waals surface area contributed by atoms with Crippen molar-refractivity contribution in [3.63, 3.8) is 0 Å². The summed E-state index contributed by atoms with van der Waals surface area (Å²) < 4.78 is 23.6. The zero-order chi connectivity index (χ0) is 12.9. The Balaban J connectivity index is 3.36. The highest BCUT2D eigenvalue weighted by molar-refractivity contribution is 5.73. The maximum absolute atomic E-state index is 11.0. The molecule has 0 aliphatic carbocycles. The Morgan fingerprint density at radius 3 is 1.53 bits per heavy atom. The van der Waals surface area contributed by atoms with Crippen molar-refractivity contribution < 1.29 is 33.3 Å². The third kappa shape index (κ3) is 11.1. The lowest BCUT2D eigenvalue weighted by Crippen LogP contribution is -2.20. The maximum atomic E-state index is 11.0. The molecule has 7 nitrogen and oxygen atoms in total. The van der Waals surface area contributed by atoms with Gasteiger partial charge in [-0.1, -0.05) is 0 Å². The molecule has 0 aromatic rings. The molecule has 17 heavy (non-hydrogen) atoms. The average Bonchev–Trinajstić information content (AvgIpc) is 2.30. The molecule has 0 saturated carbocycles. The summed E-state index contributed by atoms with van der Waals surface area (Å²) in [7, 11) is 3.00. The first-order chi connectivity index (χ1) is 8.20. The fraction of sp³-hybridized carbons (Fsp3) is 0.800. The van der Waals surface area contributed by atoms with Gasteiger partial charge in [-0.3, -0.25) is 0 Å². The van der Waals surface area contributed by atoms with Gasteiger partial charge in [0.05, 0.1) is 13.2 Å². The number of hydrogen-bond acceptors (Lipinski definition) is 7. The van der Waals surface area contributed by atoms with E-state index < -0.39 is 11.9 Å². The van der Waals surface area contributed by atoms with Crippen LogP contribution in [-0.4, -0.2) is 65.8 Å². The van der Waals surface area contributed by atoms with Crippen LogP contribution in [0.1, 0.15) is 0 Å². The van der Waals surface area contributed by atoms with Gasteiger partial charge in [0, 0.05) is 14.2 Å². The Bertz CT molecular complexity index is 195. The van der Waals surface area contributed by atoms with Crippen LogP contribution >= 0.6 is 0 Å². The number of carbonyl (C=O) groups is 2. The molecule has 0 saturated heterocycles. The minimum atomic E-state index is -0.549. The Kier molecular flexibility index (Phi) is 10.5. The molecular weight excluding hydrogens is 232 g/mol. The van der Waals surface area contributed by atoms with Crippen LogP contribution < -0.4 is 0 Å². The maximum Gasteiger partial charge on any atom is 0.332 e. The average molecular weight is 250 g/mol. The van der Waals surface area contributed by atoms with E-state index in [2.05, 4.69) is 9.47 Å². The van der Waals surface area contributed by atoms with Crippen LogP contribution in [0, 0.1) is 0 Å². The van der Waals surface area contributed by atoms with Crippen molar-refractivity contribution in [2.45, 2.75) is 0 Å². The molecule has 0 radical (unpaired) electrons. The number of hydrogen-bond donors (Lipinski definition) is 0. The Hall–Kier alpha value is -1.18. The first-order valence-electron chi connectivity index (χ1n) is 5.07. The second-order valence-electron chi connectivity index (χ2n) is 2.92. The fourth-order valence-electron chi connectivity index (χ4n) is 0.779. The van der Waals surface area contributed by atoms with Gasteiger partial charge >= 0.3 is 11.9 Å². The third-order valence-electron chi connectivity index (χ3n) is 1.54. The summed E-state index contributed by atoms with van der Waals surface area (Å²) in [5.41, 5.74) is 0. The van der Waals surface area contributed by atoms with Crippen molar-refractivity contribution >= 4 is 11.9 Å².